The maximum atomic E-state index is 12.9. The number of rotatable bonds is 4. The van der Waals surface area contributed by atoms with Crippen molar-refractivity contribution in [2.24, 2.45) is 0 Å². The molecule has 2 N–H and O–H groups in total. The van der Waals surface area contributed by atoms with Crippen molar-refractivity contribution in [1.29, 1.82) is 0 Å². The lowest BCUT2D eigenvalue weighted by atomic mass is 10.0. The van der Waals surface area contributed by atoms with Gasteiger partial charge in [-0.15, -0.1) is 0 Å². The Kier molecular flexibility index (Phi) is 5.66. The van der Waals surface area contributed by atoms with Crippen molar-refractivity contribution < 1.29 is 14.6 Å². The summed E-state index contributed by atoms with van der Waals surface area (Å²) >= 11 is 0. The normalized spacial score (nSPS) is 16.6. The van der Waals surface area contributed by atoms with Crippen LogP contribution in [0.4, 0.5) is 0 Å². The van der Waals surface area contributed by atoms with Crippen LogP contribution in [0.15, 0.2) is 66.4 Å². The number of nitrogens with one attached hydrogen (secondary N) is 1. The lowest BCUT2D eigenvalue weighted by Gasteiger charge is -2.27. The molecule has 1 aliphatic carbocycles. The van der Waals surface area contributed by atoms with Crippen molar-refractivity contribution in [1.82, 2.24) is 20.1 Å². The fraction of sp³-hybridized carbons (Fsp3) is 0.240. The molecule has 0 bridgehead atoms. The number of amides is 1. The van der Waals surface area contributed by atoms with Gasteiger partial charge in [-0.05, 0) is 35.8 Å². The number of benzene rings is 1. The number of aliphatic hydroxyl groups is 1. The van der Waals surface area contributed by atoms with Crippen LogP contribution in [0, 0.1) is 0 Å². The van der Waals surface area contributed by atoms with Crippen LogP contribution < -0.4 is 0 Å². The largest absolute Gasteiger partial charge is 0.392 e. The zero-order valence-electron chi connectivity index (χ0n) is 17.6. The van der Waals surface area contributed by atoms with Crippen molar-refractivity contribution in [3.8, 4) is 11.1 Å². The zero-order valence-corrected chi connectivity index (χ0v) is 17.6. The molecule has 3 aromatic rings. The summed E-state index contributed by atoms with van der Waals surface area (Å²) in [6.07, 6.45) is 10.5. The van der Waals surface area contributed by atoms with Crippen molar-refractivity contribution in [2.75, 3.05) is 32.9 Å². The van der Waals surface area contributed by atoms with E-state index in [1.807, 2.05) is 59.5 Å². The molecular formula is C25H24N4O3. The van der Waals surface area contributed by atoms with Gasteiger partial charge in [0.15, 0.2) is 5.65 Å². The standard InChI is InChI=1S/C25H24N4O3/c30-16-17-4-1-2-5-19(12-17)23-22-14-21(15-26-24(22)28-27-23)18-6-3-7-20(13-18)25(31)29-8-10-32-11-9-29/h1-3,5-7,12-15,30H,4,8-11,16H2,(H,26,27,28). The number of hydrogen-bond donors (Lipinski definition) is 2. The number of carbonyl (C=O) groups excluding carboxylic acids is 1. The predicted molar refractivity (Wildman–Crippen MR) is 123 cm³/mol. The molecule has 1 aromatic carbocycles. The van der Waals surface area contributed by atoms with Gasteiger partial charge in [0.1, 0.15) is 0 Å². The number of hydrogen-bond acceptors (Lipinski definition) is 5. The third-order valence-corrected chi connectivity index (χ3v) is 5.79. The van der Waals surface area contributed by atoms with Gasteiger partial charge in [-0.25, -0.2) is 4.98 Å². The van der Waals surface area contributed by atoms with Crippen LogP contribution in [0.25, 0.3) is 27.7 Å². The molecule has 0 unspecified atom stereocenters. The van der Waals surface area contributed by atoms with Crippen LogP contribution in [0.2, 0.25) is 0 Å². The van der Waals surface area contributed by atoms with Gasteiger partial charge < -0.3 is 14.7 Å². The maximum Gasteiger partial charge on any atom is 0.254 e. The smallest absolute Gasteiger partial charge is 0.254 e. The minimum Gasteiger partial charge on any atom is -0.392 e. The van der Waals surface area contributed by atoms with Crippen LogP contribution >= 0.6 is 0 Å². The summed E-state index contributed by atoms with van der Waals surface area (Å²) in [6.45, 7) is 2.39. The second kappa shape index (κ2) is 8.90. The Morgan fingerprint density at radius 3 is 2.91 bits per heavy atom. The molecule has 1 fully saturated rings. The summed E-state index contributed by atoms with van der Waals surface area (Å²) in [5, 5.41) is 17.9. The average molecular weight is 428 g/mol. The van der Waals surface area contributed by atoms with Gasteiger partial charge in [-0.2, -0.15) is 5.10 Å². The molecule has 1 aliphatic heterocycles. The van der Waals surface area contributed by atoms with E-state index in [4.69, 9.17) is 4.74 Å². The van der Waals surface area contributed by atoms with Gasteiger partial charge in [0.25, 0.3) is 5.91 Å². The van der Waals surface area contributed by atoms with Crippen LogP contribution in [0.5, 0.6) is 0 Å². The van der Waals surface area contributed by atoms with E-state index in [1.165, 1.54) is 0 Å². The molecule has 2 aromatic heterocycles. The van der Waals surface area contributed by atoms with E-state index in [0.717, 1.165) is 39.8 Å². The Morgan fingerprint density at radius 2 is 2.06 bits per heavy atom. The number of aromatic amines is 1. The zero-order chi connectivity index (χ0) is 21.9. The van der Waals surface area contributed by atoms with E-state index in [9.17, 15) is 9.90 Å². The van der Waals surface area contributed by atoms with E-state index >= 15 is 0 Å². The number of nitrogens with zero attached hydrogens (tertiary/aromatic N) is 3. The summed E-state index contributed by atoms with van der Waals surface area (Å²) < 4.78 is 5.36. The molecule has 162 valence electrons. The van der Waals surface area contributed by atoms with Gasteiger partial charge in [0.05, 0.1) is 25.5 Å². The summed E-state index contributed by atoms with van der Waals surface area (Å²) in [5.41, 5.74) is 5.85. The SMILES string of the molecule is O=C(c1cccc(-c2cnc3n[nH]c(C4=CC=CCC(CO)=C4)c3c2)c1)N1CCOCC1. The van der Waals surface area contributed by atoms with Gasteiger partial charge in [0, 0.05) is 41.4 Å². The van der Waals surface area contributed by atoms with Gasteiger partial charge in [-0.3, -0.25) is 9.89 Å². The molecule has 0 spiro atoms. The number of fused-ring (bicyclic) bond motifs is 1. The first kappa shape index (κ1) is 20.4. The highest BCUT2D eigenvalue weighted by molar-refractivity contribution is 5.97. The number of H-pyrrole nitrogens is 1. The number of aromatic nitrogens is 3. The fourth-order valence-electron chi connectivity index (χ4n) is 4.04. The average Bonchev–Trinajstić information content (AvgIpc) is 3.13. The number of carbonyl (C=O) groups is 1. The van der Waals surface area contributed by atoms with Crippen molar-refractivity contribution in [3.05, 3.63) is 77.7 Å². The van der Waals surface area contributed by atoms with E-state index < -0.39 is 0 Å². The minimum atomic E-state index is 0.0151. The van der Waals surface area contributed by atoms with E-state index in [0.29, 0.717) is 37.5 Å². The first-order chi connectivity index (χ1) is 15.7. The number of ether oxygens (including phenoxy) is 1. The van der Waals surface area contributed by atoms with Crippen LogP contribution in [0.1, 0.15) is 22.5 Å². The molecule has 5 rings (SSSR count). The third kappa shape index (κ3) is 4.00. The van der Waals surface area contributed by atoms with Gasteiger partial charge in [-0.1, -0.05) is 36.4 Å². The maximum absolute atomic E-state index is 12.9. The Labute approximate surface area is 185 Å². The summed E-state index contributed by atoms with van der Waals surface area (Å²) in [7, 11) is 0. The van der Waals surface area contributed by atoms with E-state index in [2.05, 4.69) is 15.2 Å². The topological polar surface area (TPSA) is 91.3 Å². The minimum absolute atomic E-state index is 0.0151. The van der Waals surface area contributed by atoms with E-state index in [-0.39, 0.29) is 12.5 Å². The van der Waals surface area contributed by atoms with Crippen molar-refractivity contribution in [3.63, 3.8) is 0 Å². The predicted octanol–water partition coefficient (Wildman–Crippen LogP) is 3.36. The molecule has 0 radical (unpaired) electrons. The first-order valence-corrected chi connectivity index (χ1v) is 10.7. The molecule has 7 nitrogen and oxygen atoms in total. The third-order valence-electron chi connectivity index (χ3n) is 5.79. The Hall–Kier alpha value is -3.55. The summed E-state index contributed by atoms with van der Waals surface area (Å²) in [6, 6.07) is 9.69. The highest BCUT2D eigenvalue weighted by atomic mass is 16.5. The van der Waals surface area contributed by atoms with Gasteiger partial charge >= 0.3 is 0 Å². The molecule has 0 saturated carbocycles. The highest BCUT2D eigenvalue weighted by Crippen LogP contribution is 2.29. The fourth-order valence-corrected chi connectivity index (χ4v) is 4.04. The van der Waals surface area contributed by atoms with Gasteiger partial charge in [0.2, 0.25) is 0 Å². The molecule has 7 heteroatoms. The molecule has 3 heterocycles. The summed E-state index contributed by atoms with van der Waals surface area (Å²) in [4.78, 5) is 19.3. The number of aliphatic hydroxyl groups excluding tert-OH is 1. The molecule has 2 aliphatic rings. The van der Waals surface area contributed by atoms with Crippen molar-refractivity contribution in [2.45, 2.75) is 6.42 Å². The lowest BCUT2D eigenvalue weighted by Crippen LogP contribution is -2.40. The summed E-state index contributed by atoms with van der Waals surface area (Å²) in [5.74, 6) is 0.0188. The molecule has 32 heavy (non-hydrogen) atoms. The molecular weight excluding hydrogens is 404 g/mol. The Morgan fingerprint density at radius 1 is 1.19 bits per heavy atom. The first-order valence-electron chi connectivity index (χ1n) is 10.7. The molecule has 1 saturated heterocycles. The second-order valence-electron chi connectivity index (χ2n) is 7.89. The van der Waals surface area contributed by atoms with Crippen LogP contribution in [-0.2, 0) is 4.74 Å². The molecule has 1 amide bonds. The number of allylic oxidation sites excluding steroid dienone is 5. The van der Waals surface area contributed by atoms with Crippen molar-refractivity contribution >= 4 is 22.5 Å². The highest BCUT2D eigenvalue weighted by Gasteiger charge is 2.19. The quantitative estimate of drug-likeness (QED) is 0.665. The Bertz CT molecular complexity index is 1250. The van der Waals surface area contributed by atoms with E-state index in [1.54, 1.807) is 6.20 Å². The number of pyridine rings is 1. The molecule has 0 atom stereocenters. The monoisotopic (exact) mass is 428 g/mol. The van der Waals surface area contributed by atoms with Crippen LogP contribution in [-0.4, -0.2) is 64.0 Å². The Balaban J connectivity index is 1.51. The second-order valence-corrected chi connectivity index (χ2v) is 7.89. The lowest BCUT2D eigenvalue weighted by molar-refractivity contribution is 0.0303. The number of morpholine rings is 1. The van der Waals surface area contributed by atoms with Crippen LogP contribution in [0.3, 0.4) is 0 Å².